The highest BCUT2D eigenvalue weighted by Gasteiger charge is 2.30. The van der Waals surface area contributed by atoms with Crippen LogP contribution in [0.1, 0.15) is 23.5 Å². The van der Waals surface area contributed by atoms with Crippen molar-refractivity contribution in [2.75, 3.05) is 11.9 Å². The quantitative estimate of drug-likeness (QED) is 0.525. The molecule has 0 aliphatic rings. The molecular formula is C20H19F3N4OS. The van der Waals surface area contributed by atoms with Crippen LogP contribution < -0.4 is 16.8 Å². The Bertz CT molecular complexity index is 1000. The Kier molecular flexibility index (Phi) is 6.19. The van der Waals surface area contributed by atoms with Crippen molar-refractivity contribution in [2.45, 2.75) is 18.5 Å². The van der Waals surface area contributed by atoms with E-state index in [4.69, 9.17) is 11.5 Å². The highest BCUT2D eigenvalue weighted by molar-refractivity contribution is 7.14. The van der Waals surface area contributed by atoms with Gasteiger partial charge in [0.15, 0.2) is 5.13 Å². The zero-order valence-electron chi connectivity index (χ0n) is 15.2. The van der Waals surface area contributed by atoms with Gasteiger partial charge < -0.3 is 16.8 Å². The molecule has 0 bridgehead atoms. The number of carbonyl (C=O) groups is 1. The van der Waals surface area contributed by atoms with Crippen molar-refractivity contribution in [2.24, 2.45) is 11.5 Å². The molecule has 1 amide bonds. The maximum absolute atomic E-state index is 12.9. The van der Waals surface area contributed by atoms with Crippen LogP contribution in [-0.4, -0.2) is 17.4 Å². The number of nitrogens with one attached hydrogen (secondary N) is 1. The number of aromatic nitrogens is 1. The van der Waals surface area contributed by atoms with E-state index in [0.717, 1.165) is 23.3 Å². The number of nitrogens with zero attached hydrogens (tertiary/aromatic N) is 1. The van der Waals surface area contributed by atoms with Crippen molar-refractivity contribution in [3.8, 4) is 11.3 Å². The van der Waals surface area contributed by atoms with E-state index in [0.29, 0.717) is 29.5 Å². The number of hydrogen-bond acceptors (Lipinski definition) is 5. The first-order chi connectivity index (χ1) is 13.8. The fourth-order valence-corrected chi connectivity index (χ4v) is 3.65. The highest BCUT2D eigenvalue weighted by atomic mass is 32.1. The summed E-state index contributed by atoms with van der Waals surface area (Å²) in [4.78, 5) is 16.2. The van der Waals surface area contributed by atoms with Crippen molar-refractivity contribution in [1.29, 1.82) is 0 Å². The lowest BCUT2D eigenvalue weighted by Gasteiger charge is -2.13. The van der Waals surface area contributed by atoms with Crippen LogP contribution in [0.2, 0.25) is 0 Å². The summed E-state index contributed by atoms with van der Waals surface area (Å²) < 4.78 is 38.6. The molecule has 1 aromatic heterocycles. The lowest BCUT2D eigenvalue weighted by Crippen LogP contribution is -2.23. The van der Waals surface area contributed by atoms with Crippen LogP contribution in [0.5, 0.6) is 0 Å². The molecule has 0 fully saturated rings. The Morgan fingerprint density at radius 3 is 2.62 bits per heavy atom. The number of alkyl halides is 3. The number of amides is 1. The number of primary amides is 1. The Labute approximate surface area is 169 Å². The first-order valence-corrected chi connectivity index (χ1v) is 9.65. The van der Waals surface area contributed by atoms with Crippen LogP contribution >= 0.6 is 11.3 Å². The van der Waals surface area contributed by atoms with Crippen LogP contribution in [-0.2, 0) is 11.0 Å². The van der Waals surface area contributed by atoms with Gasteiger partial charge in [-0.15, -0.1) is 11.3 Å². The van der Waals surface area contributed by atoms with E-state index in [1.807, 2.05) is 18.2 Å². The summed E-state index contributed by atoms with van der Waals surface area (Å²) in [6.45, 7) is 0.333. The van der Waals surface area contributed by atoms with Crippen LogP contribution in [0.4, 0.5) is 24.0 Å². The number of anilines is 2. The van der Waals surface area contributed by atoms with Crippen LogP contribution in [0.3, 0.4) is 0 Å². The fraction of sp³-hybridized carbons (Fsp3) is 0.200. The van der Waals surface area contributed by atoms with Gasteiger partial charge in [-0.2, -0.15) is 13.2 Å². The number of thiazole rings is 1. The molecular weight excluding hydrogens is 401 g/mol. The number of carbonyl (C=O) groups excluding carboxylic acids is 1. The molecule has 5 nitrogen and oxygen atoms in total. The van der Waals surface area contributed by atoms with Gasteiger partial charge in [0.05, 0.1) is 17.2 Å². The van der Waals surface area contributed by atoms with Crippen molar-refractivity contribution in [3.63, 3.8) is 0 Å². The SMILES string of the molecule is NCCC(C(N)=O)c1cccc(-c2csc(Nc3cccc(C(F)(F)F)c3)n2)c1. The maximum Gasteiger partial charge on any atom is 0.416 e. The van der Waals surface area contributed by atoms with E-state index >= 15 is 0 Å². The van der Waals surface area contributed by atoms with Crippen LogP contribution in [0, 0.1) is 0 Å². The second kappa shape index (κ2) is 8.62. The number of nitrogens with two attached hydrogens (primary N) is 2. The van der Waals surface area contributed by atoms with Gasteiger partial charge in [-0.25, -0.2) is 4.98 Å². The summed E-state index contributed by atoms with van der Waals surface area (Å²) in [7, 11) is 0. The Balaban J connectivity index is 1.82. The molecule has 2 aromatic carbocycles. The standard InChI is InChI=1S/C20H19F3N4OS/c21-20(22,23)14-5-2-6-15(10-14)26-19-27-17(11-29-19)13-4-1-3-12(9-13)16(7-8-24)18(25)28/h1-6,9-11,16H,7-8,24H2,(H2,25,28)(H,26,27). The predicted octanol–water partition coefficient (Wildman–Crippen LogP) is 4.49. The van der Waals surface area contributed by atoms with Crippen molar-refractivity contribution in [3.05, 3.63) is 65.0 Å². The van der Waals surface area contributed by atoms with Gasteiger partial charge >= 0.3 is 6.18 Å². The molecule has 1 unspecified atom stereocenters. The van der Waals surface area contributed by atoms with Crippen LogP contribution in [0.15, 0.2) is 53.9 Å². The summed E-state index contributed by atoms with van der Waals surface area (Å²) in [6, 6.07) is 12.2. The lowest BCUT2D eigenvalue weighted by atomic mass is 9.93. The minimum absolute atomic E-state index is 0.297. The number of rotatable bonds is 7. The van der Waals surface area contributed by atoms with E-state index in [2.05, 4.69) is 10.3 Å². The van der Waals surface area contributed by atoms with Gasteiger partial charge in [-0.05, 0) is 42.8 Å². The van der Waals surface area contributed by atoms with Crippen molar-refractivity contribution < 1.29 is 18.0 Å². The monoisotopic (exact) mass is 420 g/mol. The van der Waals surface area contributed by atoms with Gasteiger partial charge in [0.2, 0.25) is 5.91 Å². The second-order valence-electron chi connectivity index (χ2n) is 6.40. The molecule has 1 heterocycles. The van der Waals surface area contributed by atoms with E-state index in [1.165, 1.54) is 17.4 Å². The summed E-state index contributed by atoms with van der Waals surface area (Å²) in [5.41, 5.74) is 12.8. The number of benzene rings is 2. The third kappa shape index (κ3) is 5.12. The van der Waals surface area contributed by atoms with Gasteiger partial charge in [0.1, 0.15) is 0 Å². The molecule has 0 radical (unpaired) electrons. The smallest absolute Gasteiger partial charge is 0.369 e. The summed E-state index contributed by atoms with van der Waals surface area (Å²) >= 11 is 1.27. The van der Waals surface area contributed by atoms with Gasteiger partial charge in [0, 0.05) is 16.6 Å². The number of halogens is 3. The average molecular weight is 420 g/mol. The molecule has 0 saturated carbocycles. The molecule has 9 heteroatoms. The summed E-state index contributed by atoms with van der Waals surface area (Å²) in [5, 5.41) is 5.14. The molecule has 29 heavy (non-hydrogen) atoms. The third-order valence-electron chi connectivity index (χ3n) is 4.33. The second-order valence-corrected chi connectivity index (χ2v) is 7.26. The van der Waals surface area contributed by atoms with E-state index in [9.17, 15) is 18.0 Å². The minimum atomic E-state index is -4.41. The Morgan fingerprint density at radius 1 is 1.17 bits per heavy atom. The molecule has 0 saturated heterocycles. The number of hydrogen-bond donors (Lipinski definition) is 3. The maximum atomic E-state index is 12.9. The molecule has 3 aromatic rings. The zero-order valence-corrected chi connectivity index (χ0v) is 16.1. The fourth-order valence-electron chi connectivity index (χ4n) is 2.92. The zero-order chi connectivity index (χ0) is 21.0. The summed E-state index contributed by atoms with van der Waals surface area (Å²) in [5.74, 6) is -0.931. The first kappa shape index (κ1) is 20.8. The molecule has 3 rings (SSSR count). The molecule has 152 valence electrons. The van der Waals surface area contributed by atoms with Crippen molar-refractivity contribution in [1.82, 2.24) is 4.98 Å². The highest BCUT2D eigenvalue weighted by Crippen LogP contribution is 2.33. The summed E-state index contributed by atoms with van der Waals surface area (Å²) in [6.07, 6.45) is -3.97. The molecule has 0 aliphatic heterocycles. The molecule has 0 aliphatic carbocycles. The first-order valence-electron chi connectivity index (χ1n) is 8.77. The van der Waals surface area contributed by atoms with E-state index < -0.39 is 23.6 Å². The topological polar surface area (TPSA) is 94.0 Å². The molecule has 0 spiro atoms. The van der Waals surface area contributed by atoms with Crippen LogP contribution in [0.25, 0.3) is 11.3 Å². The molecule has 5 N–H and O–H groups in total. The van der Waals surface area contributed by atoms with Crippen molar-refractivity contribution >= 4 is 28.1 Å². The largest absolute Gasteiger partial charge is 0.416 e. The van der Waals surface area contributed by atoms with Gasteiger partial charge in [-0.3, -0.25) is 4.79 Å². The average Bonchev–Trinajstić information content (AvgIpc) is 3.14. The van der Waals surface area contributed by atoms with Gasteiger partial charge in [-0.1, -0.05) is 24.3 Å². The van der Waals surface area contributed by atoms with E-state index in [1.54, 1.807) is 17.5 Å². The van der Waals surface area contributed by atoms with E-state index in [-0.39, 0.29) is 0 Å². The predicted molar refractivity (Wildman–Crippen MR) is 108 cm³/mol. The Hall–Kier alpha value is -2.91. The molecule has 1 atom stereocenters. The lowest BCUT2D eigenvalue weighted by molar-refractivity contribution is -0.137. The Morgan fingerprint density at radius 2 is 1.93 bits per heavy atom. The normalized spacial score (nSPS) is 12.6. The third-order valence-corrected chi connectivity index (χ3v) is 5.09. The van der Waals surface area contributed by atoms with Gasteiger partial charge in [0.25, 0.3) is 0 Å². The minimum Gasteiger partial charge on any atom is -0.369 e.